The second-order valence-electron chi connectivity index (χ2n) is 5.00. The summed E-state index contributed by atoms with van der Waals surface area (Å²) in [6, 6.07) is 12.3. The third-order valence-corrected chi connectivity index (χ3v) is 3.55. The molecule has 2 rings (SSSR count). The first-order valence-electron chi connectivity index (χ1n) is 7.10. The maximum atomic E-state index is 12.8. The Kier molecular flexibility index (Phi) is 5.96. The standard InChI is InChI=1S/C17H17ClFNO3/c1-11(23-16-5-3-2-4-14(16)18)17(22)20-10-15(21)12-6-8-13(19)9-7-12/h2-9,11,15,21H,10H2,1H3,(H,20,22). The predicted octanol–water partition coefficient (Wildman–Crippen LogP) is 3.10. The Morgan fingerprint density at radius 1 is 1.26 bits per heavy atom. The number of nitrogens with one attached hydrogen (secondary N) is 1. The van der Waals surface area contributed by atoms with Gasteiger partial charge in [0.1, 0.15) is 11.6 Å². The summed E-state index contributed by atoms with van der Waals surface area (Å²) in [5.74, 6) is -0.353. The lowest BCUT2D eigenvalue weighted by Gasteiger charge is -2.17. The maximum absolute atomic E-state index is 12.8. The molecule has 0 spiro atoms. The van der Waals surface area contributed by atoms with Gasteiger partial charge in [-0.15, -0.1) is 0 Å². The molecule has 2 aromatic rings. The van der Waals surface area contributed by atoms with Crippen LogP contribution < -0.4 is 10.1 Å². The van der Waals surface area contributed by atoms with Crippen LogP contribution in [0.3, 0.4) is 0 Å². The molecule has 4 nitrogen and oxygen atoms in total. The summed E-state index contributed by atoms with van der Waals surface area (Å²) < 4.78 is 18.3. The van der Waals surface area contributed by atoms with Gasteiger partial charge in [0.05, 0.1) is 11.1 Å². The first kappa shape index (κ1) is 17.2. The first-order valence-corrected chi connectivity index (χ1v) is 7.47. The number of aliphatic hydroxyl groups is 1. The number of hydrogen-bond donors (Lipinski definition) is 2. The van der Waals surface area contributed by atoms with Crippen molar-refractivity contribution in [2.45, 2.75) is 19.1 Å². The third kappa shape index (κ3) is 4.94. The number of carbonyl (C=O) groups excluding carboxylic acids is 1. The summed E-state index contributed by atoms with van der Waals surface area (Å²) >= 11 is 5.97. The average Bonchev–Trinajstić information content (AvgIpc) is 2.55. The van der Waals surface area contributed by atoms with E-state index < -0.39 is 12.2 Å². The minimum Gasteiger partial charge on any atom is -0.479 e. The van der Waals surface area contributed by atoms with Gasteiger partial charge >= 0.3 is 0 Å². The Morgan fingerprint density at radius 2 is 1.91 bits per heavy atom. The van der Waals surface area contributed by atoms with Crippen LogP contribution in [0.4, 0.5) is 4.39 Å². The number of rotatable bonds is 6. The molecular weight excluding hydrogens is 321 g/mol. The van der Waals surface area contributed by atoms with Gasteiger partial charge in [0.25, 0.3) is 5.91 Å². The number of ether oxygens (including phenoxy) is 1. The lowest BCUT2D eigenvalue weighted by atomic mass is 10.1. The highest BCUT2D eigenvalue weighted by Gasteiger charge is 2.17. The van der Waals surface area contributed by atoms with Crippen LogP contribution in [0.25, 0.3) is 0 Å². The first-order chi connectivity index (χ1) is 11.0. The van der Waals surface area contributed by atoms with Crippen molar-refractivity contribution in [1.29, 1.82) is 0 Å². The van der Waals surface area contributed by atoms with Crippen molar-refractivity contribution in [2.24, 2.45) is 0 Å². The molecule has 1 amide bonds. The fourth-order valence-corrected chi connectivity index (χ4v) is 2.11. The number of amides is 1. The van der Waals surface area contributed by atoms with Gasteiger partial charge in [-0.2, -0.15) is 0 Å². The summed E-state index contributed by atoms with van der Waals surface area (Å²) in [7, 11) is 0. The molecular formula is C17H17ClFNO3. The largest absolute Gasteiger partial charge is 0.479 e. The number of para-hydroxylation sites is 1. The zero-order valence-electron chi connectivity index (χ0n) is 12.5. The molecule has 122 valence electrons. The zero-order chi connectivity index (χ0) is 16.8. The van der Waals surface area contributed by atoms with Crippen molar-refractivity contribution in [2.75, 3.05) is 6.54 Å². The van der Waals surface area contributed by atoms with Crippen LogP contribution in [0, 0.1) is 5.82 Å². The minimum absolute atomic E-state index is 0.000682. The van der Waals surface area contributed by atoms with Crippen LogP contribution in [-0.2, 0) is 4.79 Å². The fourth-order valence-electron chi connectivity index (χ4n) is 1.93. The van der Waals surface area contributed by atoms with Crippen molar-refractivity contribution in [3.63, 3.8) is 0 Å². The molecule has 23 heavy (non-hydrogen) atoms. The third-order valence-electron chi connectivity index (χ3n) is 3.23. The highest BCUT2D eigenvalue weighted by atomic mass is 35.5. The zero-order valence-corrected chi connectivity index (χ0v) is 13.3. The highest BCUT2D eigenvalue weighted by Crippen LogP contribution is 2.24. The van der Waals surface area contributed by atoms with Crippen LogP contribution in [-0.4, -0.2) is 23.7 Å². The SMILES string of the molecule is CC(Oc1ccccc1Cl)C(=O)NCC(O)c1ccc(F)cc1. The van der Waals surface area contributed by atoms with Crippen molar-refractivity contribution in [3.05, 3.63) is 64.9 Å². The van der Waals surface area contributed by atoms with Crippen LogP contribution in [0.15, 0.2) is 48.5 Å². The lowest BCUT2D eigenvalue weighted by Crippen LogP contribution is -2.38. The molecule has 2 unspecified atom stereocenters. The molecule has 6 heteroatoms. The second-order valence-corrected chi connectivity index (χ2v) is 5.41. The Balaban J connectivity index is 1.86. The average molecular weight is 338 g/mol. The number of halogens is 2. The Hall–Kier alpha value is -2.11. The van der Waals surface area contributed by atoms with E-state index in [0.717, 1.165) is 0 Å². The topological polar surface area (TPSA) is 58.6 Å². The van der Waals surface area contributed by atoms with E-state index in [4.69, 9.17) is 16.3 Å². The second kappa shape index (κ2) is 7.94. The van der Waals surface area contributed by atoms with Gasteiger partial charge in [0, 0.05) is 6.54 Å². The van der Waals surface area contributed by atoms with Crippen LogP contribution in [0.1, 0.15) is 18.6 Å². The van der Waals surface area contributed by atoms with Crippen LogP contribution >= 0.6 is 11.6 Å². The summed E-state index contributed by atoms with van der Waals surface area (Å²) in [6.45, 7) is 1.59. The fraction of sp³-hybridized carbons (Fsp3) is 0.235. The van der Waals surface area contributed by atoms with Crippen molar-refractivity contribution < 1.29 is 19.0 Å². The van der Waals surface area contributed by atoms with Crippen LogP contribution in [0.5, 0.6) is 5.75 Å². The van der Waals surface area contributed by atoms with Gasteiger partial charge in [-0.3, -0.25) is 4.79 Å². The van der Waals surface area contributed by atoms with E-state index in [2.05, 4.69) is 5.32 Å². The van der Waals surface area contributed by atoms with Gasteiger partial charge in [-0.1, -0.05) is 35.9 Å². The molecule has 0 bridgehead atoms. The van der Waals surface area contributed by atoms with Gasteiger partial charge in [0.15, 0.2) is 6.10 Å². The van der Waals surface area contributed by atoms with Gasteiger partial charge < -0.3 is 15.2 Å². The Bertz CT molecular complexity index is 663. The summed E-state index contributed by atoms with van der Waals surface area (Å²) in [4.78, 5) is 12.0. The molecule has 2 N–H and O–H groups in total. The van der Waals surface area contributed by atoms with Crippen LogP contribution in [0.2, 0.25) is 5.02 Å². The Morgan fingerprint density at radius 3 is 2.57 bits per heavy atom. The number of benzene rings is 2. The maximum Gasteiger partial charge on any atom is 0.260 e. The van der Waals surface area contributed by atoms with E-state index in [9.17, 15) is 14.3 Å². The Labute approximate surface area is 138 Å². The van der Waals surface area contributed by atoms with E-state index >= 15 is 0 Å². The molecule has 0 aliphatic carbocycles. The van der Waals surface area contributed by atoms with E-state index in [-0.39, 0.29) is 18.3 Å². The van der Waals surface area contributed by atoms with Gasteiger partial charge in [-0.05, 0) is 36.8 Å². The molecule has 0 fully saturated rings. The summed E-state index contributed by atoms with van der Waals surface area (Å²) in [5.41, 5.74) is 0.520. The number of hydrogen-bond acceptors (Lipinski definition) is 3. The highest BCUT2D eigenvalue weighted by molar-refractivity contribution is 6.32. The number of carbonyl (C=O) groups is 1. The summed E-state index contributed by atoms with van der Waals surface area (Å²) in [6.07, 6.45) is -1.69. The van der Waals surface area contributed by atoms with Gasteiger partial charge in [-0.25, -0.2) is 4.39 Å². The molecule has 0 saturated heterocycles. The molecule has 0 heterocycles. The number of aliphatic hydroxyl groups excluding tert-OH is 1. The quantitative estimate of drug-likeness (QED) is 0.851. The normalized spacial score (nSPS) is 13.2. The van der Waals surface area contributed by atoms with Crippen molar-refractivity contribution in [1.82, 2.24) is 5.32 Å². The van der Waals surface area contributed by atoms with E-state index in [0.29, 0.717) is 16.3 Å². The molecule has 0 aromatic heterocycles. The predicted molar refractivity (Wildman–Crippen MR) is 85.9 cm³/mol. The van der Waals surface area contributed by atoms with Gasteiger partial charge in [0.2, 0.25) is 0 Å². The molecule has 0 aliphatic rings. The van der Waals surface area contributed by atoms with Crippen molar-refractivity contribution in [3.8, 4) is 5.75 Å². The molecule has 0 aliphatic heterocycles. The minimum atomic E-state index is -0.924. The monoisotopic (exact) mass is 337 g/mol. The smallest absolute Gasteiger partial charge is 0.260 e. The summed E-state index contributed by atoms with van der Waals surface area (Å²) in [5, 5.41) is 13.0. The molecule has 0 saturated carbocycles. The van der Waals surface area contributed by atoms with Crippen molar-refractivity contribution >= 4 is 17.5 Å². The molecule has 2 atom stereocenters. The molecule has 2 aromatic carbocycles. The van der Waals surface area contributed by atoms with E-state index in [1.165, 1.54) is 24.3 Å². The van der Waals surface area contributed by atoms with E-state index in [1.54, 1.807) is 31.2 Å². The van der Waals surface area contributed by atoms with E-state index in [1.807, 2.05) is 0 Å². The lowest BCUT2D eigenvalue weighted by molar-refractivity contribution is -0.127. The molecule has 0 radical (unpaired) electrons.